The van der Waals surface area contributed by atoms with Crippen LogP contribution in [0.3, 0.4) is 0 Å². The van der Waals surface area contributed by atoms with Gasteiger partial charge in [-0.2, -0.15) is 5.10 Å². The third-order valence-electron chi connectivity index (χ3n) is 6.05. The van der Waals surface area contributed by atoms with Crippen LogP contribution in [0, 0.1) is 0 Å². The fraction of sp³-hybridized carbons (Fsp3) is 0.292. The number of rotatable bonds is 4. The maximum atomic E-state index is 13.7. The van der Waals surface area contributed by atoms with E-state index in [0.29, 0.717) is 35.8 Å². The first-order valence-corrected chi connectivity index (χ1v) is 12.1. The number of furan rings is 1. The Morgan fingerprint density at radius 1 is 1.12 bits per heavy atom. The standard InChI is InChI=1S/C24H23N7O2S/c1-15(2)31-21-17(14-26-31)16(13-19(27-21)20-6-4-12-33-20)23(32)29-8-10-30(11-9-29)24-28-18-5-3-7-25-22(18)34-24/h3-7,12-15H,8-11H2,1-2H3. The molecule has 9 nitrogen and oxygen atoms in total. The van der Waals surface area contributed by atoms with E-state index in [9.17, 15) is 4.79 Å². The average molecular weight is 474 g/mol. The van der Waals surface area contributed by atoms with Crippen molar-refractivity contribution in [3.63, 3.8) is 0 Å². The average Bonchev–Trinajstić information content (AvgIpc) is 3.62. The molecule has 0 aromatic carbocycles. The fourth-order valence-corrected chi connectivity index (χ4v) is 5.25. The highest BCUT2D eigenvalue weighted by molar-refractivity contribution is 7.21. The van der Waals surface area contributed by atoms with Gasteiger partial charge in [0.05, 0.1) is 23.4 Å². The SMILES string of the molecule is CC(C)n1ncc2c(C(=O)N3CCN(c4nc5cccnc5s4)CC3)cc(-c3ccco3)nc21. The molecule has 1 aliphatic heterocycles. The fourth-order valence-electron chi connectivity index (χ4n) is 4.29. The molecular weight excluding hydrogens is 450 g/mol. The van der Waals surface area contributed by atoms with Crippen LogP contribution in [0.25, 0.3) is 32.8 Å². The van der Waals surface area contributed by atoms with Crippen molar-refractivity contribution < 1.29 is 9.21 Å². The number of carbonyl (C=O) groups is 1. The predicted octanol–water partition coefficient (Wildman–Crippen LogP) is 4.24. The van der Waals surface area contributed by atoms with E-state index in [2.05, 4.69) is 15.0 Å². The molecule has 0 spiro atoms. The summed E-state index contributed by atoms with van der Waals surface area (Å²) >= 11 is 1.59. The van der Waals surface area contributed by atoms with Gasteiger partial charge >= 0.3 is 0 Å². The van der Waals surface area contributed by atoms with Crippen molar-refractivity contribution in [3.8, 4) is 11.5 Å². The number of thiazole rings is 1. The lowest BCUT2D eigenvalue weighted by Gasteiger charge is -2.34. The Morgan fingerprint density at radius 2 is 1.97 bits per heavy atom. The van der Waals surface area contributed by atoms with Gasteiger partial charge in [-0.15, -0.1) is 0 Å². The summed E-state index contributed by atoms with van der Waals surface area (Å²) < 4.78 is 7.42. The number of anilines is 1. The van der Waals surface area contributed by atoms with E-state index in [1.165, 1.54) is 0 Å². The van der Waals surface area contributed by atoms with Gasteiger partial charge in [0, 0.05) is 38.4 Å². The zero-order valence-corrected chi connectivity index (χ0v) is 19.7. The molecule has 5 aromatic heterocycles. The summed E-state index contributed by atoms with van der Waals surface area (Å²) in [6.07, 6.45) is 5.14. The van der Waals surface area contributed by atoms with Crippen LogP contribution in [0.4, 0.5) is 5.13 Å². The van der Waals surface area contributed by atoms with E-state index in [1.54, 1.807) is 30.0 Å². The molecule has 5 aromatic rings. The van der Waals surface area contributed by atoms with Gasteiger partial charge in [-0.3, -0.25) is 4.79 Å². The number of piperazine rings is 1. The second-order valence-corrected chi connectivity index (χ2v) is 9.51. The summed E-state index contributed by atoms with van der Waals surface area (Å²) in [4.78, 5) is 32.6. The third kappa shape index (κ3) is 3.50. The van der Waals surface area contributed by atoms with Crippen LogP contribution >= 0.6 is 11.3 Å². The van der Waals surface area contributed by atoms with Crippen LogP contribution in [0.2, 0.25) is 0 Å². The molecule has 34 heavy (non-hydrogen) atoms. The largest absolute Gasteiger partial charge is 0.463 e. The van der Waals surface area contributed by atoms with Gasteiger partial charge < -0.3 is 14.2 Å². The molecular formula is C24H23N7O2S. The maximum absolute atomic E-state index is 13.7. The van der Waals surface area contributed by atoms with Crippen LogP contribution < -0.4 is 4.90 Å². The highest BCUT2D eigenvalue weighted by Gasteiger charge is 2.27. The molecule has 0 radical (unpaired) electrons. The van der Waals surface area contributed by atoms with Crippen LogP contribution in [-0.4, -0.2) is 61.7 Å². The van der Waals surface area contributed by atoms with Gasteiger partial charge in [-0.1, -0.05) is 11.3 Å². The van der Waals surface area contributed by atoms with Crippen LogP contribution in [0.1, 0.15) is 30.2 Å². The molecule has 0 N–H and O–H groups in total. The van der Waals surface area contributed by atoms with Gasteiger partial charge in [0.1, 0.15) is 16.0 Å². The monoisotopic (exact) mass is 473 g/mol. The number of aromatic nitrogens is 5. The smallest absolute Gasteiger partial charge is 0.254 e. The Hall–Kier alpha value is -3.79. The van der Waals surface area contributed by atoms with Gasteiger partial charge in [0.25, 0.3) is 5.91 Å². The minimum absolute atomic E-state index is 0.0193. The van der Waals surface area contributed by atoms with Crippen molar-refractivity contribution in [2.45, 2.75) is 19.9 Å². The number of fused-ring (bicyclic) bond motifs is 2. The van der Waals surface area contributed by atoms with Gasteiger partial charge in [-0.25, -0.2) is 19.6 Å². The van der Waals surface area contributed by atoms with Crippen molar-refractivity contribution in [2.24, 2.45) is 0 Å². The Morgan fingerprint density at radius 3 is 2.71 bits per heavy atom. The molecule has 1 amide bonds. The van der Waals surface area contributed by atoms with E-state index >= 15 is 0 Å². The van der Waals surface area contributed by atoms with Crippen molar-refractivity contribution in [2.75, 3.05) is 31.1 Å². The Labute approximate surface area is 199 Å². The lowest BCUT2D eigenvalue weighted by molar-refractivity contribution is 0.0748. The quantitative estimate of drug-likeness (QED) is 0.385. The molecule has 1 saturated heterocycles. The van der Waals surface area contributed by atoms with E-state index < -0.39 is 0 Å². The normalized spacial score (nSPS) is 14.6. The highest BCUT2D eigenvalue weighted by atomic mass is 32.1. The van der Waals surface area contributed by atoms with Crippen LogP contribution in [0.5, 0.6) is 0 Å². The zero-order valence-electron chi connectivity index (χ0n) is 18.9. The summed E-state index contributed by atoms with van der Waals surface area (Å²) in [5, 5.41) is 6.22. The van der Waals surface area contributed by atoms with Gasteiger partial charge in [0.2, 0.25) is 0 Å². The molecule has 0 atom stereocenters. The first-order chi connectivity index (χ1) is 16.6. The Balaban J connectivity index is 1.29. The van der Waals surface area contributed by atoms with Crippen molar-refractivity contribution >= 4 is 43.8 Å². The van der Waals surface area contributed by atoms with E-state index in [-0.39, 0.29) is 11.9 Å². The minimum Gasteiger partial charge on any atom is -0.463 e. The first kappa shape index (κ1) is 20.8. The summed E-state index contributed by atoms with van der Waals surface area (Å²) in [5.74, 6) is 0.607. The summed E-state index contributed by atoms with van der Waals surface area (Å²) in [5.41, 5.74) is 2.82. The van der Waals surface area contributed by atoms with E-state index in [0.717, 1.165) is 34.0 Å². The Bertz CT molecular complexity index is 1450. The van der Waals surface area contributed by atoms with Crippen molar-refractivity contribution in [3.05, 3.63) is 54.6 Å². The number of carbonyl (C=O) groups excluding carboxylic acids is 1. The molecule has 0 unspecified atom stereocenters. The van der Waals surface area contributed by atoms with Crippen LogP contribution in [0.15, 0.2) is 53.4 Å². The minimum atomic E-state index is -0.0193. The van der Waals surface area contributed by atoms with Crippen molar-refractivity contribution in [1.29, 1.82) is 0 Å². The first-order valence-electron chi connectivity index (χ1n) is 11.3. The molecule has 1 fully saturated rings. The number of nitrogens with zero attached hydrogens (tertiary/aromatic N) is 7. The number of amides is 1. The van der Waals surface area contributed by atoms with Crippen LogP contribution in [-0.2, 0) is 0 Å². The molecule has 0 aliphatic carbocycles. The second-order valence-electron chi connectivity index (χ2n) is 8.56. The summed E-state index contributed by atoms with van der Waals surface area (Å²) in [7, 11) is 0. The number of hydrogen-bond acceptors (Lipinski definition) is 8. The topological polar surface area (TPSA) is 93.2 Å². The summed E-state index contributed by atoms with van der Waals surface area (Å²) in [6, 6.07) is 9.48. The molecule has 172 valence electrons. The number of hydrogen-bond donors (Lipinski definition) is 0. The molecule has 10 heteroatoms. The molecule has 6 heterocycles. The lowest BCUT2D eigenvalue weighted by atomic mass is 10.1. The molecule has 0 saturated carbocycles. The van der Waals surface area contributed by atoms with Crippen molar-refractivity contribution in [1.82, 2.24) is 29.6 Å². The predicted molar refractivity (Wildman–Crippen MR) is 131 cm³/mol. The molecule has 1 aliphatic rings. The third-order valence-corrected chi connectivity index (χ3v) is 7.09. The number of pyridine rings is 2. The molecule has 6 rings (SSSR count). The zero-order chi connectivity index (χ0) is 23.2. The summed E-state index contributed by atoms with van der Waals surface area (Å²) in [6.45, 7) is 6.75. The van der Waals surface area contributed by atoms with E-state index in [1.807, 2.05) is 53.8 Å². The lowest BCUT2D eigenvalue weighted by Crippen LogP contribution is -2.48. The van der Waals surface area contributed by atoms with Gasteiger partial charge in [-0.05, 0) is 44.2 Å². The van der Waals surface area contributed by atoms with Gasteiger partial charge in [0.15, 0.2) is 16.5 Å². The van der Waals surface area contributed by atoms with E-state index in [4.69, 9.17) is 14.4 Å². The maximum Gasteiger partial charge on any atom is 0.254 e. The molecule has 0 bridgehead atoms. The Kier molecular flexibility index (Phi) is 5.02. The second kappa shape index (κ2) is 8.21. The highest BCUT2D eigenvalue weighted by Crippen LogP contribution is 2.30.